The van der Waals surface area contributed by atoms with E-state index < -0.39 is 27.8 Å². The Morgan fingerprint density at radius 1 is 0.842 bits per heavy atom. The Hall–Kier alpha value is -3.85. The SMILES string of the molecule is CC(C)(C)OC(=O)NCC(CC(=O)OCc1ccccc1)Cc1ccc(OS(=O)(=O)c2ccccc2)cc1. The molecule has 1 atom stereocenters. The molecule has 0 aliphatic heterocycles. The minimum atomic E-state index is -3.95. The number of nitrogens with one attached hydrogen (secondary N) is 1. The molecule has 0 saturated carbocycles. The van der Waals surface area contributed by atoms with Gasteiger partial charge in [0.2, 0.25) is 0 Å². The zero-order chi connectivity index (χ0) is 27.6. The Bertz CT molecular complexity index is 1290. The van der Waals surface area contributed by atoms with Crippen LogP contribution in [0.15, 0.2) is 89.8 Å². The molecule has 8 nitrogen and oxygen atoms in total. The second-order valence-corrected chi connectivity index (χ2v) is 11.3. The van der Waals surface area contributed by atoms with Gasteiger partial charge in [0, 0.05) is 6.54 Å². The monoisotopic (exact) mass is 539 g/mol. The predicted octanol–water partition coefficient (Wildman–Crippen LogP) is 5.27. The summed E-state index contributed by atoms with van der Waals surface area (Å²) in [7, 11) is -3.95. The van der Waals surface area contributed by atoms with Crippen molar-refractivity contribution in [2.24, 2.45) is 5.92 Å². The van der Waals surface area contributed by atoms with Crippen molar-refractivity contribution >= 4 is 22.2 Å². The van der Waals surface area contributed by atoms with E-state index in [4.69, 9.17) is 13.7 Å². The third-order valence-corrected chi connectivity index (χ3v) is 6.58. The number of benzene rings is 3. The Balaban J connectivity index is 1.63. The van der Waals surface area contributed by atoms with Gasteiger partial charge in [0.1, 0.15) is 22.9 Å². The highest BCUT2D eigenvalue weighted by Crippen LogP contribution is 2.21. The lowest BCUT2D eigenvalue weighted by molar-refractivity contribution is -0.146. The number of ether oxygens (including phenoxy) is 2. The van der Waals surface area contributed by atoms with E-state index in [0.717, 1.165) is 11.1 Å². The van der Waals surface area contributed by atoms with E-state index in [9.17, 15) is 18.0 Å². The van der Waals surface area contributed by atoms with E-state index >= 15 is 0 Å². The molecule has 3 rings (SSSR count). The van der Waals surface area contributed by atoms with Crippen LogP contribution in [0.25, 0.3) is 0 Å². The largest absolute Gasteiger partial charge is 0.461 e. The molecule has 0 spiro atoms. The lowest BCUT2D eigenvalue weighted by Gasteiger charge is -2.22. The number of hydrogen-bond acceptors (Lipinski definition) is 7. The summed E-state index contributed by atoms with van der Waals surface area (Å²) in [5.74, 6) is -0.507. The summed E-state index contributed by atoms with van der Waals surface area (Å²) in [6.45, 7) is 5.66. The fourth-order valence-corrected chi connectivity index (χ4v) is 4.52. The number of alkyl carbamates (subject to hydrolysis) is 1. The quantitative estimate of drug-likeness (QED) is 0.261. The normalized spacial score (nSPS) is 12.3. The van der Waals surface area contributed by atoms with Gasteiger partial charge in [0.15, 0.2) is 0 Å². The molecule has 1 N–H and O–H groups in total. The highest BCUT2D eigenvalue weighted by molar-refractivity contribution is 7.87. The molecule has 1 unspecified atom stereocenters. The van der Waals surface area contributed by atoms with Gasteiger partial charge in [-0.05, 0) is 68.5 Å². The van der Waals surface area contributed by atoms with Crippen LogP contribution in [0, 0.1) is 5.92 Å². The van der Waals surface area contributed by atoms with Crippen molar-refractivity contribution in [3.05, 3.63) is 96.1 Å². The zero-order valence-corrected chi connectivity index (χ0v) is 22.6. The van der Waals surface area contributed by atoms with Gasteiger partial charge in [0.25, 0.3) is 0 Å². The summed E-state index contributed by atoms with van der Waals surface area (Å²) < 4.78 is 40.9. The number of carbonyl (C=O) groups excluding carboxylic acids is 2. The van der Waals surface area contributed by atoms with Crippen molar-refractivity contribution in [2.75, 3.05) is 6.54 Å². The molecule has 0 aliphatic carbocycles. The summed E-state index contributed by atoms with van der Waals surface area (Å²) in [4.78, 5) is 24.8. The van der Waals surface area contributed by atoms with E-state index in [2.05, 4.69) is 5.32 Å². The highest BCUT2D eigenvalue weighted by atomic mass is 32.2. The van der Waals surface area contributed by atoms with Gasteiger partial charge in [0.05, 0.1) is 6.42 Å². The molecule has 0 saturated heterocycles. The maximum absolute atomic E-state index is 12.6. The molecule has 0 heterocycles. The number of esters is 1. The van der Waals surface area contributed by atoms with Crippen molar-refractivity contribution in [2.45, 2.75) is 50.7 Å². The Labute approximate surface area is 224 Å². The van der Waals surface area contributed by atoms with Gasteiger partial charge >= 0.3 is 22.2 Å². The van der Waals surface area contributed by atoms with Crippen molar-refractivity contribution in [3.8, 4) is 5.75 Å². The minimum Gasteiger partial charge on any atom is -0.461 e. The first-order valence-electron chi connectivity index (χ1n) is 12.2. The molecule has 0 aliphatic rings. The molecule has 3 aromatic rings. The van der Waals surface area contributed by atoms with Gasteiger partial charge in [-0.25, -0.2) is 4.79 Å². The summed E-state index contributed by atoms with van der Waals surface area (Å²) in [6, 6.07) is 23.8. The predicted molar refractivity (Wildman–Crippen MR) is 143 cm³/mol. The third-order valence-electron chi connectivity index (χ3n) is 5.32. The van der Waals surface area contributed by atoms with Crippen molar-refractivity contribution in [3.63, 3.8) is 0 Å². The van der Waals surface area contributed by atoms with Crippen LogP contribution in [0.5, 0.6) is 5.75 Å². The minimum absolute atomic E-state index is 0.0615. The van der Waals surface area contributed by atoms with Crippen LogP contribution in [0.4, 0.5) is 4.79 Å². The lowest BCUT2D eigenvalue weighted by atomic mass is 9.96. The topological polar surface area (TPSA) is 108 Å². The van der Waals surface area contributed by atoms with Crippen LogP contribution in [0.1, 0.15) is 38.3 Å². The van der Waals surface area contributed by atoms with Gasteiger partial charge in [-0.3, -0.25) is 4.79 Å². The number of rotatable bonds is 11. The maximum atomic E-state index is 12.6. The summed E-state index contributed by atoms with van der Waals surface area (Å²) >= 11 is 0. The average Bonchev–Trinajstić information content (AvgIpc) is 2.87. The smallest absolute Gasteiger partial charge is 0.407 e. The van der Waals surface area contributed by atoms with Gasteiger partial charge in [-0.15, -0.1) is 0 Å². The van der Waals surface area contributed by atoms with E-state index in [0.29, 0.717) is 6.42 Å². The van der Waals surface area contributed by atoms with Crippen LogP contribution in [0.2, 0.25) is 0 Å². The maximum Gasteiger partial charge on any atom is 0.407 e. The molecule has 0 aromatic heterocycles. The van der Waals surface area contributed by atoms with Crippen LogP contribution in [0.3, 0.4) is 0 Å². The Morgan fingerprint density at radius 2 is 1.45 bits per heavy atom. The van der Waals surface area contributed by atoms with Gasteiger partial charge in [-0.2, -0.15) is 8.42 Å². The molecule has 9 heteroatoms. The lowest BCUT2D eigenvalue weighted by Crippen LogP contribution is -2.36. The van der Waals surface area contributed by atoms with E-state index in [1.165, 1.54) is 12.1 Å². The zero-order valence-electron chi connectivity index (χ0n) is 21.8. The first-order valence-corrected chi connectivity index (χ1v) is 13.7. The van der Waals surface area contributed by atoms with Gasteiger partial charge in [-0.1, -0.05) is 60.7 Å². The number of hydrogen-bond donors (Lipinski definition) is 1. The average molecular weight is 540 g/mol. The van der Waals surface area contributed by atoms with E-state index in [-0.39, 0.29) is 36.1 Å². The molecule has 202 valence electrons. The summed E-state index contributed by atoms with van der Waals surface area (Å²) in [5, 5.41) is 2.73. The second kappa shape index (κ2) is 13.1. The highest BCUT2D eigenvalue weighted by Gasteiger charge is 2.21. The molecule has 1 amide bonds. The van der Waals surface area contributed by atoms with Crippen molar-refractivity contribution < 1.29 is 31.7 Å². The number of amides is 1. The van der Waals surface area contributed by atoms with Crippen molar-refractivity contribution in [1.82, 2.24) is 5.32 Å². The van der Waals surface area contributed by atoms with E-state index in [1.807, 2.05) is 30.3 Å². The molecular weight excluding hydrogens is 506 g/mol. The van der Waals surface area contributed by atoms with Crippen LogP contribution >= 0.6 is 0 Å². The standard InChI is InChI=1S/C29H33NO7S/c1-29(2,3)36-28(32)30-20-24(19-27(31)35-21-23-10-6-4-7-11-23)18-22-14-16-25(17-15-22)37-38(33,34)26-12-8-5-9-13-26/h4-17,24H,18-21H2,1-3H3,(H,30,32). The Morgan fingerprint density at radius 3 is 2.05 bits per heavy atom. The molecule has 0 radical (unpaired) electrons. The fourth-order valence-electron chi connectivity index (χ4n) is 3.57. The summed E-state index contributed by atoms with van der Waals surface area (Å²) in [5.41, 5.74) is 1.07. The number of carbonyl (C=O) groups is 2. The second-order valence-electron chi connectivity index (χ2n) is 9.80. The van der Waals surface area contributed by atoms with Crippen LogP contribution in [-0.4, -0.2) is 32.6 Å². The molecular formula is C29H33NO7S. The van der Waals surface area contributed by atoms with Crippen LogP contribution in [-0.2, 0) is 37.4 Å². The first kappa shape index (κ1) is 28.7. The van der Waals surface area contributed by atoms with E-state index in [1.54, 1.807) is 63.2 Å². The summed E-state index contributed by atoms with van der Waals surface area (Å²) in [6.07, 6.45) is -0.0689. The molecule has 38 heavy (non-hydrogen) atoms. The molecule has 0 bridgehead atoms. The Kier molecular flexibility index (Phi) is 9.90. The fraction of sp³-hybridized carbons (Fsp3) is 0.310. The molecule has 0 fully saturated rings. The van der Waals surface area contributed by atoms with Crippen molar-refractivity contribution in [1.29, 1.82) is 0 Å². The van der Waals surface area contributed by atoms with Crippen LogP contribution < -0.4 is 9.50 Å². The third kappa shape index (κ3) is 9.89. The molecule has 3 aromatic carbocycles. The van der Waals surface area contributed by atoms with Gasteiger partial charge < -0.3 is 19.0 Å². The first-order chi connectivity index (χ1) is 18.0.